The van der Waals surface area contributed by atoms with Crippen LogP contribution in [0.5, 0.6) is 34.8 Å². The molecule has 456 valence electrons. The Morgan fingerprint density at radius 3 is 1.09 bits per heavy atom. The van der Waals surface area contributed by atoms with Crippen molar-refractivity contribution >= 4 is 19.7 Å². The highest BCUT2D eigenvalue weighted by Gasteiger charge is 2.45. The maximum atomic E-state index is 14.2. The van der Waals surface area contributed by atoms with Crippen molar-refractivity contribution in [2.75, 3.05) is 83.1 Å². The van der Waals surface area contributed by atoms with Crippen molar-refractivity contribution in [1.82, 2.24) is 69.2 Å². The molecule has 0 N–H and O–H groups in total. The van der Waals surface area contributed by atoms with Crippen LogP contribution in [0.25, 0.3) is 34.4 Å². The zero-order chi connectivity index (χ0) is 61.5. The first-order valence-corrected chi connectivity index (χ1v) is 30.7. The zero-order valence-electron chi connectivity index (χ0n) is 49.9. The summed E-state index contributed by atoms with van der Waals surface area (Å²) in [5.74, 6) is 3.40. The van der Waals surface area contributed by atoms with E-state index in [1.54, 1.807) is 135 Å². The van der Waals surface area contributed by atoms with Crippen LogP contribution >= 0.6 is 0 Å². The molecule has 4 atom stereocenters. The fraction of sp³-hybridized carbons (Fsp3) is 0.414. The van der Waals surface area contributed by atoms with Crippen molar-refractivity contribution < 1.29 is 54.7 Å². The van der Waals surface area contributed by atoms with Gasteiger partial charge < -0.3 is 37.9 Å². The number of pyridine rings is 2. The van der Waals surface area contributed by atoms with Crippen LogP contribution in [0.3, 0.4) is 0 Å². The molecule has 6 aromatic heterocycles. The number of likely N-dealkylation sites (tertiary alicyclic amines) is 2. The maximum absolute atomic E-state index is 14.2. The Hall–Kier alpha value is -8.28. The fourth-order valence-electron chi connectivity index (χ4n) is 10.2. The molecule has 0 spiro atoms. The number of methoxy groups -OCH3 is 8. The van der Waals surface area contributed by atoms with Crippen LogP contribution in [0.4, 0.5) is 0 Å². The van der Waals surface area contributed by atoms with Crippen LogP contribution < -0.4 is 28.4 Å². The number of aromatic nitrogens is 12. The highest BCUT2D eigenvalue weighted by atomic mass is 32.2. The first-order chi connectivity index (χ1) is 41.4. The van der Waals surface area contributed by atoms with Gasteiger partial charge in [0.15, 0.2) is 43.0 Å². The Kier molecular flexibility index (Phi) is 19.5. The summed E-state index contributed by atoms with van der Waals surface area (Å²) in [4.78, 5) is 31.1. The lowest BCUT2D eigenvalue weighted by atomic mass is 10.0. The summed E-state index contributed by atoms with van der Waals surface area (Å²) in [5, 5.41) is 15.7. The van der Waals surface area contributed by atoms with Gasteiger partial charge in [0.2, 0.25) is 11.8 Å². The van der Waals surface area contributed by atoms with Crippen LogP contribution in [-0.4, -0.2) is 192 Å². The van der Waals surface area contributed by atoms with E-state index in [4.69, 9.17) is 37.9 Å². The number of benzene rings is 2. The maximum Gasteiger partial charge on any atom is 0.213 e. The quantitative estimate of drug-likeness (QED) is 0.0705. The SMILES string of the molecule is COc1cccc(-c2nnc(CS(=O)(=O)[C@@H](C)[C@H](c3ncc(C)cn3)N3CC(OC)C3)n2-c2c(OC)cccc2OC)n1.COc1cccc(-c2nnc(CS(=O)(=O)[C@H](C)[C@@H](c3ncc(C)cn3)N3CC(OC)C3)n2-c2c(OC)cccc2OC)n1. The van der Waals surface area contributed by atoms with Gasteiger partial charge in [-0.3, -0.25) is 18.9 Å². The number of rotatable bonds is 24. The van der Waals surface area contributed by atoms with Gasteiger partial charge in [0.25, 0.3) is 0 Å². The molecule has 2 saturated heterocycles. The molecule has 0 radical (unpaired) electrons. The molecule has 28 heteroatoms. The van der Waals surface area contributed by atoms with Gasteiger partial charge in [0, 0.05) is 77.3 Å². The molecule has 0 amide bonds. The summed E-state index contributed by atoms with van der Waals surface area (Å²) < 4.78 is 104. The van der Waals surface area contributed by atoms with Crippen LogP contribution in [0.1, 0.15) is 60.4 Å². The molecular weight excluding hydrogens is 1150 g/mol. The van der Waals surface area contributed by atoms with Gasteiger partial charge in [0.1, 0.15) is 68.9 Å². The number of hydrogen-bond acceptors (Lipinski definition) is 24. The number of para-hydroxylation sites is 2. The molecule has 2 aliphatic rings. The minimum Gasteiger partial charge on any atom is -0.494 e. The molecule has 2 fully saturated rings. The van der Waals surface area contributed by atoms with Crippen LogP contribution in [-0.2, 0) is 40.7 Å². The second-order valence-electron chi connectivity index (χ2n) is 20.5. The monoisotopic (exact) mass is 1220 g/mol. The Balaban J connectivity index is 0.000000205. The highest BCUT2D eigenvalue weighted by molar-refractivity contribution is 7.91. The molecule has 0 aliphatic carbocycles. The van der Waals surface area contributed by atoms with Gasteiger partial charge in [-0.15, -0.1) is 20.4 Å². The lowest BCUT2D eigenvalue weighted by molar-refractivity contribution is -0.0531. The summed E-state index contributed by atoms with van der Waals surface area (Å²) in [6, 6.07) is 19.8. The molecule has 0 saturated carbocycles. The van der Waals surface area contributed by atoms with E-state index in [0.29, 0.717) is 107 Å². The van der Waals surface area contributed by atoms with Gasteiger partial charge in [-0.1, -0.05) is 24.3 Å². The molecule has 2 aliphatic heterocycles. The number of hydrogen-bond donors (Lipinski definition) is 0. The van der Waals surface area contributed by atoms with E-state index in [9.17, 15) is 16.8 Å². The second kappa shape index (κ2) is 27.0. The standard InChI is InChI=1S/2C29H35N7O6S/c2*1-18-13-30-28(31-14-18)26(35-15-20(16-35)39-3)19(2)43(37,38)17-24-33-34-29(21-9-7-12-25(32-21)42-6)36(24)27-22(40-4)10-8-11-23(27)41-5/h2*7-14,19-20,26H,15-17H2,1-6H3/t2*19-,26+/m10/s1. The van der Waals surface area contributed by atoms with Crippen molar-refractivity contribution in [1.29, 1.82) is 0 Å². The number of ether oxygens (including phenoxy) is 8. The molecule has 8 aromatic rings. The summed E-state index contributed by atoms with van der Waals surface area (Å²) in [5.41, 5.74) is 3.50. The van der Waals surface area contributed by atoms with Crippen LogP contribution in [0.15, 0.2) is 97.6 Å². The van der Waals surface area contributed by atoms with Gasteiger partial charge in [-0.05, 0) is 75.2 Å². The Morgan fingerprint density at radius 1 is 0.465 bits per heavy atom. The number of nitrogens with zero attached hydrogens (tertiary/aromatic N) is 14. The first kappa shape index (κ1) is 62.3. The summed E-state index contributed by atoms with van der Waals surface area (Å²) in [6.07, 6.45) is 6.81. The molecule has 86 heavy (non-hydrogen) atoms. The van der Waals surface area contributed by atoms with Crippen LogP contribution in [0, 0.1) is 13.8 Å². The van der Waals surface area contributed by atoms with E-state index >= 15 is 0 Å². The predicted molar refractivity (Wildman–Crippen MR) is 316 cm³/mol. The fourth-order valence-corrected chi connectivity index (χ4v) is 13.2. The molecule has 2 aromatic carbocycles. The molecule has 8 heterocycles. The van der Waals surface area contributed by atoms with Gasteiger partial charge >= 0.3 is 0 Å². The lowest BCUT2D eigenvalue weighted by Gasteiger charge is -2.44. The minimum absolute atomic E-state index is 0.0156. The second-order valence-corrected chi connectivity index (χ2v) is 25.2. The van der Waals surface area contributed by atoms with Gasteiger partial charge in [-0.2, -0.15) is 0 Å². The molecule has 0 bridgehead atoms. The Morgan fingerprint density at radius 2 is 0.791 bits per heavy atom. The Bertz CT molecular complexity index is 3550. The van der Waals surface area contributed by atoms with Crippen molar-refractivity contribution in [3.63, 3.8) is 0 Å². The smallest absolute Gasteiger partial charge is 0.213 e. The van der Waals surface area contributed by atoms with Crippen LogP contribution in [0.2, 0.25) is 0 Å². The van der Waals surface area contributed by atoms with Gasteiger partial charge in [0.05, 0.1) is 77.5 Å². The molecule has 10 rings (SSSR count). The number of sulfone groups is 2. The normalized spacial score (nSPS) is 15.5. The van der Waals surface area contributed by atoms with E-state index in [-0.39, 0.29) is 23.9 Å². The van der Waals surface area contributed by atoms with E-state index in [0.717, 1.165) is 11.1 Å². The minimum atomic E-state index is -3.88. The topological polar surface area (TPSA) is 287 Å². The molecule has 26 nitrogen and oxygen atoms in total. The largest absolute Gasteiger partial charge is 0.494 e. The molecule has 0 unspecified atom stereocenters. The Labute approximate surface area is 499 Å². The van der Waals surface area contributed by atoms with E-state index in [1.165, 1.54) is 42.7 Å². The van der Waals surface area contributed by atoms with Crippen molar-refractivity contribution in [3.8, 4) is 69.2 Å². The third-order valence-corrected chi connectivity index (χ3v) is 19.2. The third kappa shape index (κ3) is 13.1. The van der Waals surface area contributed by atoms with Crippen molar-refractivity contribution in [2.24, 2.45) is 0 Å². The first-order valence-electron chi connectivity index (χ1n) is 27.3. The van der Waals surface area contributed by atoms with Crippen molar-refractivity contribution in [2.45, 2.75) is 74.0 Å². The summed E-state index contributed by atoms with van der Waals surface area (Å²) >= 11 is 0. The van der Waals surface area contributed by atoms with Gasteiger partial charge in [-0.25, -0.2) is 46.7 Å². The number of aryl methyl sites for hydroxylation is 2. The highest BCUT2D eigenvalue weighted by Crippen LogP contribution is 2.41. The zero-order valence-corrected chi connectivity index (χ0v) is 51.6. The van der Waals surface area contributed by atoms with E-state index < -0.39 is 53.8 Å². The molecular formula is C58H70N14O12S2. The third-order valence-electron chi connectivity index (χ3n) is 15.1. The summed E-state index contributed by atoms with van der Waals surface area (Å²) in [7, 11) is 4.66. The van der Waals surface area contributed by atoms with E-state index in [1.807, 2.05) is 23.6 Å². The van der Waals surface area contributed by atoms with Crippen molar-refractivity contribution in [3.05, 3.63) is 132 Å². The summed E-state index contributed by atoms with van der Waals surface area (Å²) in [6.45, 7) is 9.40. The predicted octanol–water partition coefficient (Wildman–Crippen LogP) is 5.66. The lowest BCUT2D eigenvalue weighted by Crippen LogP contribution is -2.56. The van der Waals surface area contributed by atoms with E-state index in [2.05, 4.69) is 50.3 Å². The average molecular weight is 1220 g/mol. The average Bonchev–Trinajstić information content (AvgIpc) is 1.55.